The third-order valence-corrected chi connectivity index (χ3v) is 5.16. The molecular formula is C18H22N2O6. The van der Waals surface area contributed by atoms with Gasteiger partial charge in [0.05, 0.1) is 12.3 Å². The average molecular weight is 362 g/mol. The number of likely N-dealkylation sites (tertiary alicyclic amines) is 1. The Morgan fingerprint density at radius 3 is 2.58 bits per heavy atom. The number of hydrogen-bond donors (Lipinski definition) is 2. The predicted molar refractivity (Wildman–Crippen MR) is 92.7 cm³/mol. The van der Waals surface area contributed by atoms with Gasteiger partial charge in [-0.25, -0.2) is 9.59 Å². The molecule has 1 aromatic carbocycles. The SMILES string of the molecule is CCOC(=O)CCc1ccc2c(c1)C1(CCN(C(=O)O)C1)CN2C(=O)O. The summed E-state index contributed by atoms with van der Waals surface area (Å²) in [4.78, 5) is 37.1. The molecule has 1 saturated heterocycles. The summed E-state index contributed by atoms with van der Waals surface area (Å²) in [6, 6.07) is 5.49. The van der Waals surface area contributed by atoms with Gasteiger partial charge in [-0.05, 0) is 37.0 Å². The van der Waals surface area contributed by atoms with Crippen LogP contribution < -0.4 is 4.90 Å². The summed E-state index contributed by atoms with van der Waals surface area (Å²) in [5, 5.41) is 18.8. The number of carbonyl (C=O) groups excluding carboxylic acids is 1. The molecule has 1 fully saturated rings. The van der Waals surface area contributed by atoms with E-state index in [0.29, 0.717) is 31.7 Å². The third-order valence-electron chi connectivity index (χ3n) is 5.16. The molecule has 0 radical (unpaired) electrons. The van der Waals surface area contributed by atoms with Crippen molar-refractivity contribution in [2.75, 3.05) is 31.1 Å². The Bertz CT molecular complexity index is 749. The number of anilines is 1. The van der Waals surface area contributed by atoms with E-state index in [4.69, 9.17) is 4.74 Å². The zero-order valence-corrected chi connectivity index (χ0v) is 14.6. The number of benzene rings is 1. The minimum atomic E-state index is -1.05. The Morgan fingerprint density at radius 2 is 1.96 bits per heavy atom. The first-order chi connectivity index (χ1) is 12.4. The maximum Gasteiger partial charge on any atom is 0.411 e. The van der Waals surface area contributed by atoms with Crippen LogP contribution >= 0.6 is 0 Å². The lowest BCUT2D eigenvalue weighted by Gasteiger charge is -2.24. The molecule has 26 heavy (non-hydrogen) atoms. The number of esters is 1. The highest BCUT2D eigenvalue weighted by Gasteiger charge is 2.50. The number of carbonyl (C=O) groups is 3. The largest absolute Gasteiger partial charge is 0.466 e. The molecule has 8 heteroatoms. The van der Waals surface area contributed by atoms with E-state index < -0.39 is 17.6 Å². The van der Waals surface area contributed by atoms with E-state index in [0.717, 1.165) is 11.1 Å². The fourth-order valence-electron chi connectivity index (χ4n) is 3.91. The van der Waals surface area contributed by atoms with Crippen LogP contribution in [-0.4, -0.2) is 59.5 Å². The van der Waals surface area contributed by atoms with Crippen LogP contribution in [0.1, 0.15) is 30.9 Å². The van der Waals surface area contributed by atoms with Crippen LogP contribution in [0.2, 0.25) is 0 Å². The third kappa shape index (κ3) is 3.18. The molecule has 0 bridgehead atoms. The van der Waals surface area contributed by atoms with Crippen LogP contribution in [0.5, 0.6) is 0 Å². The Balaban J connectivity index is 1.88. The summed E-state index contributed by atoms with van der Waals surface area (Å²) in [6.45, 7) is 3.01. The summed E-state index contributed by atoms with van der Waals surface area (Å²) in [5.41, 5.74) is 1.85. The van der Waals surface area contributed by atoms with Gasteiger partial charge in [-0.15, -0.1) is 0 Å². The van der Waals surface area contributed by atoms with Crippen LogP contribution in [0.15, 0.2) is 18.2 Å². The smallest absolute Gasteiger partial charge is 0.411 e. The molecule has 1 atom stereocenters. The lowest BCUT2D eigenvalue weighted by molar-refractivity contribution is -0.143. The molecule has 2 amide bonds. The van der Waals surface area contributed by atoms with Crippen molar-refractivity contribution in [2.45, 2.75) is 31.6 Å². The highest BCUT2D eigenvalue weighted by molar-refractivity contribution is 5.90. The van der Waals surface area contributed by atoms with E-state index >= 15 is 0 Å². The summed E-state index contributed by atoms with van der Waals surface area (Å²) < 4.78 is 4.94. The van der Waals surface area contributed by atoms with Gasteiger partial charge in [0.25, 0.3) is 0 Å². The second-order valence-corrected chi connectivity index (χ2v) is 6.76. The zero-order chi connectivity index (χ0) is 18.9. The van der Waals surface area contributed by atoms with Crippen molar-refractivity contribution in [3.8, 4) is 0 Å². The number of amides is 2. The Hall–Kier alpha value is -2.77. The molecule has 1 unspecified atom stereocenters. The summed E-state index contributed by atoms with van der Waals surface area (Å²) in [6.07, 6.45) is -0.703. The second kappa shape index (κ2) is 6.86. The molecule has 1 aromatic rings. The standard InChI is InChI=1S/C18H22N2O6/c1-2-26-15(21)6-4-12-3-5-14-13(9-12)18(11-20(14)17(24)25)7-8-19(10-18)16(22)23/h3,5,9H,2,4,6-8,10-11H2,1H3,(H,22,23)(H,24,25). The Kier molecular flexibility index (Phi) is 4.76. The maximum atomic E-state index is 11.6. The lowest BCUT2D eigenvalue weighted by atomic mass is 9.81. The number of fused-ring (bicyclic) bond motifs is 2. The predicted octanol–water partition coefficient (Wildman–Crippen LogP) is 2.30. The van der Waals surface area contributed by atoms with Gasteiger partial charge in [-0.1, -0.05) is 12.1 Å². The minimum absolute atomic E-state index is 0.253. The van der Waals surface area contributed by atoms with E-state index in [-0.39, 0.29) is 25.5 Å². The fourth-order valence-corrected chi connectivity index (χ4v) is 3.91. The van der Waals surface area contributed by atoms with Crippen LogP contribution in [0.3, 0.4) is 0 Å². The molecule has 2 aliphatic rings. The summed E-state index contributed by atoms with van der Waals surface area (Å²) in [7, 11) is 0. The van der Waals surface area contributed by atoms with Gasteiger partial charge < -0.3 is 19.8 Å². The number of carboxylic acid groups (broad SMARTS) is 2. The molecule has 0 saturated carbocycles. The van der Waals surface area contributed by atoms with Crippen molar-refractivity contribution in [1.82, 2.24) is 4.90 Å². The van der Waals surface area contributed by atoms with Crippen molar-refractivity contribution in [1.29, 1.82) is 0 Å². The molecule has 140 valence electrons. The van der Waals surface area contributed by atoms with Crippen LogP contribution in [0.25, 0.3) is 0 Å². The number of nitrogens with zero attached hydrogens (tertiary/aromatic N) is 2. The quantitative estimate of drug-likeness (QED) is 0.796. The molecule has 2 aliphatic heterocycles. The van der Waals surface area contributed by atoms with Crippen molar-refractivity contribution in [2.24, 2.45) is 0 Å². The van der Waals surface area contributed by atoms with Gasteiger partial charge in [0.15, 0.2) is 0 Å². The van der Waals surface area contributed by atoms with Gasteiger partial charge in [-0.2, -0.15) is 0 Å². The molecule has 0 aliphatic carbocycles. The van der Waals surface area contributed by atoms with Gasteiger partial charge in [-0.3, -0.25) is 9.69 Å². The minimum Gasteiger partial charge on any atom is -0.466 e. The molecule has 2 N–H and O–H groups in total. The molecule has 0 aromatic heterocycles. The second-order valence-electron chi connectivity index (χ2n) is 6.76. The first-order valence-corrected chi connectivity index (χ1v) is 8.63. The number of rotatable bonds is 4. The summed E-state index contributed by atoms with van der Waals surface area (Å²) >= 11 is 0. The Morgan fingerprint density at radius 1 is 1.19 bits per heavy atom. The summed E-state index contributed by atoms with van der Waals surface area (Å²) in [5.74, 6) is -0.271. The van der Waals surface area contributed by atoms with E-state index in [1.807, 2.05) is 12.1 Å². The molecular weight excluding hydrogens is 340 g/mol. The van der Waals surface area contributed by atoms with Crippen molar-refractivity contribution in [3.63, 3.8) is 0 Å². The zero-order valence-electron chi connectivity index (χ0n) is 14.6. The van der Waals surface area contributed by atoms with E-state index in [2.05, 4.69) is 0 Å². The molecule has 3 rings (SSSR count). The highest BCUT2D eigenvalue weighted by Crippen LogP contribution is 2.46. The normalized spacial score (nSPS) is 21.1. The monoisotopic (exact) mass is 362 g/mol. The van der Waals surface area contributed by atoms with Gasteiger partial charge in [0.2, 0.25) is 0 Å². The van der Waals surface area contributed by atoms with Crippen molar-refractivity contribution in [3.05, 3.63) is 29.3 Å². The number of ether oxygens (including phenoxy) is 1. The van der Waals surface area contributed by atoms with Gasteiger partial charge in [0.1, 0.15) is 0 Å². The molecule has 2 heterocycles. The topological polar surface area (TPSA) is 107 Å². The Labute approximate surface area is 151 Å². The number of hydrogen-bond acceptors (Lipinski definition) is 4. The maximum absolute atomic E-state index is 11.6. The molecule has 1 spiro atoms. The first-order valence-electron chi connectivity index (χ1n) is 8.63. The van der Waals surface area contributed by atoms with Crippen LogP contribution in [0, 0.1) is 0 Å². The highest BCUT2D eigenvalue weighted by atomic mass is 16.5. The first kappa shape index (κ1) is 18.0. The molecule has 8 nitrogen and oxygen atoms in total. The van der Waals surface area contributed by atoms with Gasteiger partial charge >= 0.3 is 18.2 Å². The van der Waals surface area contributed by atoms with Crippen molar-refractivity contribution < 1.29 is 29.3 Å². The lowest BCUT2D eigenvalue weighted by Crippen LogP contribution is -2.39. The van der Waals surface area contributed by atoms with E-state index in [1.165, 1.54) is 9.80 Å². The van der Waals surface area contributed by atoms with E-state index in [9.17, 15) is 24.6 Å². The number of aryl methyl sites for hydroxylation is 1. The van der Waals surface area contributed by atoms with Crippen LogP contribution in [-0.2, 0) is 21.4 Å². The fraction of sp³-hybridized carbons (Fsp3) is 0.500. The van der Waals surface area contributed by atoms with Crippen molar-refractivity contribution >= 4 is 23.8 Å². The van der Waals surface area contributed by atoms with Crippen LogP contribution in [0.4, 0.5) is 15.3 Å². The van der Waals surface area contributed by atoms with Gasteiger partial charge in [0, 0.05) is 31.5 Å². The van der Waals surface area contributed by atoms with E-state index in [1.54, 1.807) is 13.0 Å². The average Bonchev–Trinajstić information content (AvgIpc) is 3.17.